The molecule has 0 unspecified atom stereocenters. The molecule has 2 aliphatic heterocycles. The molecule has 44 heavy (non-hydrogen) atoms. The van der Waals surface area contributed by atoms with Gasteiger partial charge in [-0.3, -0.25) is 14.4 Å². The summed E-state index contributed by atoms with van der Waals surface area (Å²) in [6, 6.07) is 10.3. The van der Waals surface area contributed by atoms with E-state index in [0.29, 0.717) is 48.9 Å². The van der Waals surface area contributed by atoms with Gasteiger partial charge in [0.1, 0.15) is 11.9 Å². The predicted molar refractivity (Wildman–Crippen MR) is 162 cm³/mol. The van der Waals surface area contributed by atoms with Crippen LogP contribution in [0.3, 0.4) is 0 Å². The van der Waals surface area contributed by atoms with Crippen LogP contribution in [0, 0.1) is 5.92 Å². The number of fused-ring (bicyclic) bond motifs is 5. The van der Waals surface area contributed by atoms with E-state index in [-0.39, 0.29) is 50.6 Å². The molecule has 2 aliphatic rings. The largest absolute Gasteiger partial charge is 0.493 e. The Morgan fingerprint density at radius 2 is 1.89 bits per heavy atom. The van der Waals surface area contributed by atoms with E-state index in [9.17, 15) is 14.4 Å². The summed E-state index contributed by atoms with van der Waals surface area (Å²) in [6.45, 7) is 5.30. The summed E-state index contributed by atoms with van der Waals surface area (Å²) < 4.78 is 24.5. The highest BCUT2D eigenvalue weighted by molar-refractivity contribution is 5.90. The Bertz CT molecular complexity index is 1490. The number of nitrogens with one attached hydrogen (secondary N) is 2. The van der Waals surface area contributed by atoms with Gasteiger partial charge in [0.15, 0.2) is 23.0 Å². The van der Waals surface area contributed by atoms with Crippen molar-refractivity contribution in [1.29, 1.82) is 0 Å². The standard InChI is InChI=1S/C32H39N5O7/c1-21(2)30-32(40)34-10-4-12-36-14-11-33-31(36)23-7-9-24(41-3)27(18-23)42-15-5-13-37(19-28(38)35-30)29(39)17-22-6-8-25-26(16-22)44-20-43-25/h6-9,11,14,16,18,21,30H,4-5,10,12-13,15,17,19-20H2,1-3H3,(H,34,40)(H,35,38)/t30-/m1/s1. The molecule has 0 aliphatic carbocycles. The van der Waals surface area contributed by atoms with Gasteiger partial charge in [-0.05, 0) is 54.7 Å². The monoisotopic (exact) mass is 605 g/mol. The number of amides is 3. The van der Waals surface area contributed by atoms with E-state index in [1.807, 2.05) is 48.9 Å². The van der Waals surface area contributed by atoms with Crippen LogP contribution in [0.15, 0.2) is 48.8 Å². The number of aryl methyl sites for hydroxylation is 1. The molecular formula is C32H39N5O7. The van der Waals surface area contributed by atoms with Crippen LogP contribution in [0.5, 0.6) is 23.0 Å². The van der Waals surface area contributed by atoms with Crippen molar-refractivity contribution < 1.29 is 33.3 Å². The Labute approximate surface area is 256 Å². The Kier molecular flexibility index (Phi) is 9.88. The fourth-order valence-electron chi connectivity index (χ4n) is 5.24. The number of ether oxygens (including phenoxy) is 4. The summed E-state index contributed by atoms with van der Waals surface area (Å²) in [5.41, 5.74) is 1.61. The van der Waals surface area contributed by atoms with Gasteiger partial charge in [-0.2, -0.15) is 0 Å². The van der Waals surface area contributed by atoms with Gasteiger partial charge in [0.2, 0.25) is 24.5 Å². The molecule has 5 rings (SSSR count). The first-order chi connectivity index (χ1) is 21.3. The van der Waals surface area contributed by atoms with Crippen molar-refractivity contribution in [1.82, 2.24) is 25.1 Å². The van der Waals surface area contributed by atoms with Crippen LogP contribution in [0.1, 0.15) is 32.3 Å². The van der Waals surface area contributed by atoms with Gasteiger partial charge >= 0.3 is 0 Å². The predicted octanol–water partition coefficient (Wildman–Crippen LogP) is 2.79. The molecule has 1 aromatic heterocycles. The molecule has 2 N–H and O–H groups in total. The number of methoxy groups -OCH3 is 1. The lowest BCUT2D eigenvalue weighted by Crippen LogP contribution is -2.52. The Morgan fingerprint density at radius 3 is 2.70 bits per heavy atom. The number of hydrogen-bond acceptors (Lipinski definition) is 8. The summed E-state index contributed by atoms with van der Waals surface area (Å²) in [5.74, 6) is 2.07. The van der Waals surface area contributed by atoms with Gasteiger partial charge < -0.3 is 39.0 Å². The second-order valence-electron chi connectivity index (χ2n) is 11.1. The number of imidazole rings is 1. The Morgan fingerprint density at radius 1 is 1.05 bits per heavy atom. The van der Waals surface area contributed by atoms with E-state index < -0.39 is 11.9 Å². The van der Waals surface area contributed by atoms with Crippen LogP contribution in [-0.2, 0) is 27.3 Å². The number of nitrogens with zero attached hydrogens (tertiary/aromatic N) is 3. The topological polar surface area (TPSA) is 133 Å². The number of aromatic nitrogens is 2. The van der Waals surface area contributed by atoms with Gasteiger partial charge in [-0.1, -0.05) is 19.9 Å². The van der Waals surface area contributed by atoms with Crippen molar-refractivity contribution in [3.05, 3.63) is 54.4 Å². The van der Waals surface area contributed by atoms with E-state index in [4.69, 9.17) is 18.9 Å². The zero-order chi connectivity index (χ0) is 31.1. The third-order valence-corrected chi connectivity index (χ3v) is 7.59. The van der Waals surface area contributed by atoms with E-state index in [2.05, 4.69) is 15.6 Å². The van der Waals surface area contributed by atoms with Crippen molar-refractivity contribution in [3.8, 4) is 34.4 Å². The van der Waals surface area contributed by atoms with E-state index >= 15 is 0 Å². The molecule has 12 nitrogen and oxygen atoms in total. The van der Waals surface area contributed by atoms with Gasteiger partial charge in [0.25, 0.3) is 0 Å². The molecular weight excluding hydrogens is 566 g/mol. The molecule has 0 radical (unpaired) electrons. The van der Waals surface area contributed by atoms with Crippen molar-refractivity contribution >= 4 is 17.7 Å². The van der Waals surface area contributed by atoms with E-state index in [1.165, 1.54) is 4.90 Å². The van der Waals surface area contributed by atoms with Gasteiger partial charge in [0.05, 0.1) is 26.7 Å². The molecule has 0 spiro atoms. The van der Waals surface area contributed by atoms with Crippen molar-refractivity contribution in [2.45, 2.75) is 45.7 Å². The van der Waals surface area contributed by atoms with Crippen LogP contribution in [0.25, 0.3) is 11.4 Å². The minimum atomic E-state index is -0.739. The number of hydrogen-bond donors (Lipinski definition) is 2. The molecule has 2 aromatic carbocycles. The maximum atomic E-state index is 13.5. The molecule has 234 valence electrons. The van der Waals surface area contributed by atoms with E-state index in [1.54, 1.807) is 25.4 Å². The normalized spacial score (nSPS) is 17.8. The summed E-state index contributed by atoms with van der Waals surface area (Å²) in [7, 11) is 1.58. The van der Waals surface area contributed by atoms with Crippen LogP contribution >= 0.6 is 0 Å². The summed E-state index contributed by atoms with van der Waals surface area (Å²) >= 11 is 0. The van der Waals surface area contributed by atoms with Gasteiger partial charge in [-0.15, -0.1) is 0 Å². The fourth-order valence-corrected chi connectivity index (χ4v) is 5.24. The summed E-state index contributed by atoms with van der Waals surface area (Å²) in [6.07, 6.45) is 4.83. The first-order valence-electron chi connectivity index (χ1n) is 14.9. The third kappa shape index (κ3) is 7.42. The van der Waals surface area contributed by atoms with Gasteiger partial charge in [-0.25, -0.2) is 4.98 Å². The minimum absolute atomic E-state index is 0.0708. The Balaban J connectivity index is 1.37. The molecule has 2 bridgehead atoms. The number of benzene rings is 2. The molecule has 1 atom stereocenters. The molecule has 12 heteroatoms. The molecule has 0 saturated heterocycles. The second-order valence-corrected chi connectivity index (χ2v) is 11.1. The first kappa shape index (κ1) is 30.7. The lowest BCUT2D eigenvalue weighted by molar-refractivity contribution is -0.137. The number of rotatable bonds is 4. The van der Waals surface area contributed by atoms with Crippen LogP contribution in [0.4, 0.5) is 0 Å². The SMILES string of the molecule is COc1ccc2cc1OCCCN(C(=O)Cc1ccc3c(c1)OCO3)CC(=O)N[C@H](C(C)C)C(=O)NCCCn1ccnc1-2. The smallest absolute Gasteiger partial charge is 0.242 e. The highest BCUT2D eigenvalue weighted by atomic mass is 16.7. The van der Waals surface area contributed by atoms with Crippen LogP contribution in [-0.4, -0.2) is 78.4 Å². The molecule has 0 saturated carbocycles. The molecule has 3 heterocycles. The molecule has 3 amide bonds. The number of carbonyl (C=O) groups excluding carboxylic acids is 3. The second kappa shape index (κ2) is 14.2. The average molecular weight is 606 g/mol. The molecule has 3 aromatic rings. The van der Waals surface area contributed by atoms with Crippen LogP contribution < -0.4 is 29.6 Å². The fraction of sp³-hybridized carbons (Fsp3) is 0.438. The zero-order valence-corrected chi connectivity index (χ0v) is 25.3. The van der Waals surface area contributed by atoms with E-state index in [0.717, 1.165) is 17.0 Å². The zero-order valence-electron chi connectivity index (χ0n) is 25.3. The quantitative estimate of drug-likeness (QED) is 0.464. The summed E-state index contributed by atoms with van der Waals surface area (Å²) in [5, 5.41) is 5.80. The van der Waals surface area contributed by atoms with Gasteiger partial charge in [0, 0.05) is 37.6 Å². The highest BCUT2D eigenvalue weighted by Crippen LogP contribution is 2.33. The summed E-state index contributed by atoms with van der Waals surface area (Å²) in [4.78, 5) is 45.9. The van der Waals surface area contributed by atoms with Crippen molar-refractivity contribution in [2.75, 3.05) is 40.1 Å². The third-order valence-electron chi connectivity index (χ3n) is 7.59. The maximum Gasteiger partial charge on any atom is 0.242 e. The average Bonchev–Trinajstić information content (AvgIpc) is 3.68. The first-order valence-corrected chi connectivity index (χ1v) is 14.9. The van der Waals surface area contributed by atoms with Crippen LogP contribution in [0.2, 0.25) is 0 Å². The number of carbonyl (C=O) groups is 3. The highest BCUT2D eigenvalue weighted by Gasteiger charge is 2.26. The van der Waals surface area contributed by atoms with Crippen molar-refractivity contribution in [2.24, 2.45) is 5.92 Å². The minimum Gasteiger partial charge on any atom is -0.493 e. The maximum absolute atomic E-state index is 13.5. The Hall–Kier alpha value is -4.74. The lowest BCUT2D eigenvalue weighted by Gasteiger charge is -2.26. The molecule has 0 fully saturated rings. The lowest BCUT2D eigenvalue weighted by atomic mass is 10.0. The van der Waals surface area contributed by atoms with Crippen molar-refractivity contribution in [3.63, 3.8) is 0 Å².